The third kappa shape index (κ3) is 1.75. The molecule has 6 heteroatoms. The summed E-state index contributed by atoms with van der Waals surface area (Å²) in [6.45, 7) is 1.03. The van der Waals surface area contributed by atoms with Crippen LogP contribution in [0.15, 0.2) is 12.4 Å². The van der Waals surface area contributed by atoms with Crippen LogP contribution in [0.1, 0.15) is 18.0 Å². The average Bonchev–Trinajstić information content (AvgIpc) is 2.73. The number of aromatic nitrogens is 2. The van der Waals surface area contributed by atoms with Crippen LogP contribution in [0.25, 0.3) is 0 Å². The molecule has 1 fully saturated rings. The molecule has 0 spiro atoms. The molecule has 0 bridgehead atoms. The van der Waals surface area contributed by atoms with Crippen molar-refractivity contribution in [1.82, 2.24) is 9.78 Å². The molecule has 1 saturated heterocycles. The monoisotopic (exact) mass is 206 g/mol. The van der Waals surface area contributed by atoms with Gasteiger partial charge in [0, 0.05) is 12.8 Å². The summed E-state index contributed by atoms with van der Waals surface area (Å²) in [7, 11) is 0. The van der Waals surface area contributed by atoms with Gasteiger partial charge in [-0.25, -0.2) is 0 Å². The summed E-state index contributed by atoms with van der Waals surface area (Å²) in [5, 5.41) is 3.68. The summed E-state index contributed by atoms with van der Waals surface area (Å²) in [6.07, 6.45) is -1.71. The number of rotatable bonds is 1. The molecule has 0 aliphatic carbocycles. The van der Waals surface area contributed by atoms with Gasteiger partial charge in [0.25, 0.3) is 0 Å². The van der Waals surface area contributed by atoms with Crippen molar-refractivity contribution in [2.75, 3.05) is 13.2 Å². The molecule has 3 nitrogen and oxygen atoms in total. The SMILES string of the molecule is FC(F)(F)c1cnn([C@@H]2CCOC2)c1. The van der Waals surface area contributed by atoms with Crippen molar-refractivity contribution in [2.24, 2.45) is 0 Å². The van der Waals surface area contributed by atoms with E-state index in [1.165, 1.54) is 4.68 Å². The largest absolute Gasteiger partial charge is 0.419 e. The van der Waals surface area contributed by atoms with Crippen LogP contribution < -0.4 is 0 Å². The summed E-state index contributed by atoms with van der Waals surface area (Å²) < 4.78 is 43.0. The highest BCUT2D eigenvalue weighted by molar-refractivity contribution is 5.09. The molecule has 0 N–H and O–H groups in total. The fourth-order valence-electron chi connectivity index (χ4n) is 1.41. The lowest BCUT2D eigenvalue weighted by Crippen LogP contribution is -2.09. The van der Waals surface area contributed by atoms with Crippen molar-refractivity contribution in [2.45, 2.75) is 18.6 Å². The molecule has 14 heavy (non-hydrogen) atoms. The Kier molecular flexibility index (Phi) is 2.22. The van der Waals surface area contributed by atoms with Gasteiger partial charge in [-0.15, -0.1) is 0 Å². The van der Waals surface area contributed by atoms with Crippen LogP contribution in [0.4, 0.5) is 13.2 Å². The Morgan fingerprint density at radius 1 is 1.50 bits per heavy atom. The summed E-state index contributed by atoms with van der Waals surface area (Å²) in [6, 6.07) is -0.0499. The molecule has 1 atom stereocenters. The Morgan fingerprint density at radius 3 is 2.79 bits per heavy atom. The predicted octanol–water partition coefficient (Wildman–Crippen LogP) is 1.86. The molecule has 0 saturated carbocycles. The topological polar surface area (TPSA) is 27.1 Å². The highest BCUT2D eigenvalue weighted by Gasteiger charge is 2.33. The minimum absolute atomic E-state index is 0.0499. The second-order valence-electron chi connectivity index (χ2n) is 3.22. The van der Waals surface area contributed by atoms with E-state index in [0.717, 1.165) is 18.8 Å². The maximum atomic E-state index is 12.2. The summed E-state index contributed by atoms with van der Waals surface area (Å²) in [5.74, 6) is 0. The first-order chi connectivity index (χ1) is 6.57. The highest BCUT2D eigenvalue weighted by Crippen LogP contribution is 2.30. The van der Waals surface area contributed by atoms with Crippen LogP contribution in [-0.4, -0.2) is 23.0 Å². The fourth-order valence-corrected chi connectivity index (χ4v) is 1.41. The number of halogens is 3. The summed E-state index contributed by atoms with van der Waals surface area (Å²) >= 11 is 0. The first-order valence-corrected chi connectivity index (χ1v) is 4.26. The third-order valence-corrected chi connectivity index (χ3v) is 2.21. The van der Waals surface area contributed by atoms with Crippen LogP contribution in [0, 0.1) is 0 Å². The standard InChI is InChI=1S/C8H9F3N2O/c9-8(10,11)6-3-12-13(4-6)7-1-2-14-5-7/h3-4,7H,1-2,5H2/t7-/m1/s1. The predicted molar refractivity (Wildman–Crippen MR) is 41.7 cm³/mol. The third-order valence-electron chi connectivity index (χ3n) is 2.21. The Morgan fingerprint density at radius 2 is 2.29 bits per heavy atom. The zero-order valence-corrected chi connectivity index (χ0v) is 7.29. The van der Waals surface area contributed by atoms with Crippen molar-refractivity contribution in [3.8, 4) is 0 Å². The highest BCUT2D eigenvalue weighted by atomic mass is 19.4. The van der Waals surface area contributed by atoms with E-state index in [9.17, 15) is 13.2 Å². The fraction of sp³-hybridized carbons (Fsp3) is 0.625. The zero-order chi connectivity index (χ0) is 10.2. The van der Waals surface area contributed by atoms with Gasteiger partial charge in [0.05, 0.1) is 24.4 Å². The molecule has 2 heterocycles. The van der Waals surface area contributed by atoms with Gasteiger partial charge in [0.1, 0.15) is 0 Å². The van der Waals surface area contributed by atoms with Gasteiger partial charge in [-0.3, -0.25) is 4.68 Å². The number of alkyl halides is 3. The lowest BCUT2D eigenvalue weighted by atomic mass is 10.3. The van der Waals surface area contributed by atoms with Crippen molar-refractivity contribution in [3.63, 3.8) is 0 Å². The number of hydrogen-bond donors (Lipinski definition) is 0. The van der Waals surface area contributed by atoms with Gasteiger partial charge in [-0.1, -0.05) is 0 Å². The van der Waals surface area contributed by atoms with Crippen LogP contribution >= 0.6 is 0 Å². The minimum atomic E-state index is -4.31. The zero-order valence-electron chi connectivity index (χ0n) is 7.29. The molecule has 1 aromatic heterocycles. The Bertz CT molecular complexity index is 315. The van der Waals surface area contributed by atoms with E-state index < -0.39 is 11.7 Å². The van der Waals surface area contributed by atoms with Crippen molar-refractivity contribution in [1.29, 1.82) is 0 Å². The molecule has 2 rings (SSSR count). The van der Waals surface area contributed by atoms with E-state index in [2.05, 4.69) is 5.10 Å². The molecular formula is C8H9F3N2O. The van der Waals surface area contributed by atoms with E-state index >= 15 is 0 Å². The van der Waals surface area contributed by atoms with Crippen LogP contribution in [0.5, 0.6) is 0 Å². The summed E-state index contributed by atoms with van der Waals surface area (Å²) in [5.41, 5.74) is -0.704. The number of hydrogen-bond acceptors (Lipinski definition) is 2. The maximum Gasteiger partial charge on any atom is 0.419 e. The van der Waals surface area contributed by atoms with Crippen LogP contribution in [0.2, 0.25) is 0 Å². The van der Waals surface area contributed by atoms with E-state index in [0.29, 0.717) is 13.2 Å². The first-order valence-electron chi connectivity index (χ1n) is 4.26. The normalized spacial score (nSPS) is 22.9. The van der Waals surface area contributed by atoms with Crippen molar-refractivity contribution in [3.05, 3.63) is 18.0 Å². The van der Waals surface area contributed by atoms with Gasteiger partial charge >= 0.3 is 6.18 Å². The van der Waals surface area contributed by atoms with E-state index in [-0.39, 0.29) is 6.04 Å². The molecule has 0 aromatic carbocycles. The van der Waals surface area contributed by atoms with Gasteiger partial charge in [0.15, 0.2) is 0 Å². The number of ether oxygens (including phenoxy) is 1. The van der Waals surface area contributed by atoms with Crippen molar-refractivity contribution < 1.29 is 17.9 Å². The molecular weight excluding hydrogens is 197 g/mol. The molecule has 1 aliphatic heterocycles. The first kappa shape index (κ1) is 9.51. The van der Waals surface area contributed by atoms with E-state index in [1.54, 1.807) is 0 Å². The van der Waals surface area contributed by atoms with Crippen LogP contribution in [0.3, 0.4) is 0 Å². The molecule has 0 amide bonds. The minimum Gasteiger partial charge on any atom is -0.379 e. The number of nitrogens with zero attached hydrogens (tertiary/aromatic N) is 2. The van der Waals surface area contributed by atoms with Gasteiger partial charge < -0.3 is 4.74 Å². The second kappa shape index (κ2) is 3.27. The summed E-state index contributed by atoms with van der Waals surface area (Å²) in [4.78, 5) is 0. The van der Waals surface area contributed by atoms with Gasteiger partial charge in [-0.2, -0.15) is 18.3 Å². The second-order valence-corrected chi connectivity index (χ2v) is 3.22. The van der Waals surface area contributed by atoms with Gasteiger partial charge in [0.2, 0.25) is 0 Å². The molecule has 0 radical (unpaired) electrons. The lowest BCUT2D eigenvalue weighted by molar-refractivity contribution is -0.137. The Hall–Kier alpha value is -1.04. The Labute approximate surface area is 78.5 Å². The van der Waals surface area contributed by atoms with E-state index in [4.69, 9.17) is 4.74 Å². The molecule has 0 unspecified atom stereocenters. The lowest BCUT2D eigenvalue weighted by Gasteiger charge is -2.07. The van der Waals surface area contributed by atoms with Gasteiger partial charge in [-0.05, 0) is 6.42 Å². The van der Waals surface area contributed by atoms with E-state index in [1.807, 2.05) is 0 Å². The molecule has 1 aliphatic rings. The molecule has 78 valence electrons. The Balaban J connectivity index is 2.17. The van der Waals surface area contributed by atoms with Crippen molar-refractivity contribution >= 4 is 0 Å². The smallest absolute Gasteiger partial charge is 0.379 e. The maximum absolute atomic E-state index is 12.2. The quantitative estimate of drug-likeness (QED) is 0.701. The average molecular weight is 206 g/mol. The van der Waals surface area contributed by atoms with Crippen LogP contribution in [-0.2, 0) is 10.9 Å². The molecule has 1 aromatic rings.